The SMILES string of the molecule is Nc1nc(N2CC(S(=O)(=O)F)CC2=O)c2nc(CO)cnc2n1. The molecule has 1 unspecified atom stereocenters. The number of hydrogen-bond acceptors (Lipinski definition) is 9. The molecule has 1 atom stereocenters. The largest absolute Gasteiger partial charge is 0.390 e. The zero-order valence-corrected chi connectivity index (χ0v) is 12.4. The number of amides is 1. The molecule has 10 nitrogen and oxygen atoms in total. The fourth-order valence-corrected chi connectivity index (χ4v) is 2.95. The summed E-state index contributed by atoms with van der Waals surface area (Å²) in [5, 5.41) is 7.65. The Labute approximate surface area is 129 Å². The molecule has 1 aliphatic heterocycles. The number of aliphatic hydroxyl groups is 1. The minimum atomic E-state index is -4.87. The highest BCUT2D eigenvalue weighted by Gasteiger charge is 2.40. The number of fused-ring (bicyclic) bond motifs is 1. The van der Waals surface area contributed by atoms with Gasteiger partial charge >= 0.3 is 10.2 Å². The monoisotopic (exact) mass is 342 g/mol. The number of rotatable bonds is 3. The van der Waals surface area contributed by atoms with Gasteiger partial charge in [-0.2, -0.15) is 18.4 Å². The van der Waals surface area contributed by atoms with Crippen LogP contribution in [0.5, 0.6) is 0 Å². The van der Waals surface area contributed by atoms with Gasteiger partial charge in [-0.05, 0) is 0 Å². The number of nitrogens with zero attached hydrogens (tertiary/aromatic N) is 5. The smallest absolute Gasteiger partial charge is 0.307 e. The first kappa shape index (κ1) is 15.4. The molecule has 3 rings (SSSR count). The van der Waals surface area contributed by atoms with Gasteiger partial charge in [-0.25, -0.2) is 9.97 Å². The van der Waals surface area contributed by atoms with Gasteiger partial charge in [0.15, 0.2) is 17.0 Å². The third-order valence-electron chi connectivity index (χ3n) is 3.36. The van der Waals surface area contributed by atoms with Crippen LogP contribution < -0.4 is 10.6 Å². The first-order valence-electron chi connectivity index (χ1n) is 6.43. The van der Waals surface area contributed by atoms with E-state index < -0.39 is 41.0 Å². The zero-order valence-electron chi connectivity index (χ0n) is 11.5. The summed E-state index contributed by atoms with van der Waals surface area (Å²) in [6.45, 7) is -0.809. The lowest BCUT2D eigenvalue weighted by Gasteiger charge is -2.16. The number of nitrogen functional groups attached to an aromatic ring is 1. The normalized spacial score (nSPS) is 18.8. The number of carbonyl (C=O) groups excluding carboxylic acids is 1. The quantitative estimate of drug-likeness (QED) is 0.662. The molecule has 0 spiro atoms. The molecule has 1 saturated heterocycles. The summed E-state index contributed by atoms with van der Waals surface area (Å²) in [5.41, 5.74) is 5.90. The molecule has 2 aromatic heterocycles. The van der Waals surface area contributed by atoms with Gasteiger partial charge in [0, 0.05) is 13.0 Å². The highest BCUT2D eigenvalue weighted by Crippen LogP contribution is 2.29. The van der Waals surface area contributed by atoms with E-state index in [1.54, 1.807) is 0 Å². The lowest BCUT2D eigenvalue weighted by molar-refractivity contribution is -0.117. The molecule has 1 fully saturated rings. The molecule has 2 aromatic rings. The molecule has 0 bridgehead atoms. The standard InChI is InChI=1S/C11H11FN6O4S/c12-23(21,22)6-1-7(20)18(3-6)10-8-9(16-11(13)17-10)14-2-5(4-19)15-8/h2,6,19H,1,3-4H2,(H2,13,14,16,17). The number of aliphatic hydroxyl groups excluding tert-OH is 1. The van der Waals surface area contributed by atoms with Crippen molar-refractivity contribution < 1.29 is 22.2 Å². The number of halogens is 1. The highest BCUT2D eigenvalue weighted by atomic mass is 32.3. The van der Waals surface area contributed by atoms with Crippen LogP contribution in [0, 0.1) is 0 Å². The number of hydrogen-bond donors (Lipinski definition) is 2. The van der Waals surface area contributed by atoms with Crippen LogP contribution in [-0.4, -0.2) is 51.2 Å². The first-order chi connectivity index (χ1) is 10.8. The second-order valence-electron chi connectivity index (χ2n) is 4.90. The van der Waals surface area contributed by atoms with Crippen molar-refractivity contribution >= 4 is 39.1 Å². The molecule has 23 heavy (non-hydrogen) atoms. The maximum absolute atomic E-state index is 13.1. The molecule has 3 N–H and O–H groups in total. The Kier molecular flexibility index (Phi) is 3.56. The molecule has 1 aliphatic rings. The first-order valence-corrected chi connectivity index (χ1v) is 7.88. The summed E-state index contributed by atoms with van der Waals surface area (Å²) in [5.74, 6) is -0.892. The van der Waals surface area contributed by atoms with Gasteiger partial charge in [0.25, 0.3) is 0 Å². The van der Waals surface area contributed by atoms with Crippen LogP contribution in [0.4, 0.5) is 15.7 Å². The molecule has 0 saturated carbocycles. The number of carbonyl (C=O) groups is 1. The fourth-order valence-electron chi connectivity index (χ4n) is 2.28. The molecular formula is C11H11FN6O4S. The van der Waals surface area contributed by atoms with Crippen molar-refractivity contribution in [3.63, 3.8) is 0 Å². The molecule has 0 aliphatic carbocycles. The summed E-state index contributed by atoms with van der Waals surface area (Å²) in [4.78, 5) is 28.8. The van der Waals surface area contributed by atoms with Crippen molar-refractivity contribution in [2.75, 3.05) is 17.2 Å². The van der Waals surface area contributed by atoms with Crippen LogP contribution in [0.2, 0.25) is 0 Å². The Morgan fingerprint density at radius 1 is 1.39 bits per heavy atom. The van der Waals surface area contributed by atoms with Crippen LogP contribution in [-0.2, 0) is 21.6 Å². The van der Waals surface area contributed by atoms with Crippen LogP contribution in [0.15, 0.2) is 6.20 Å². The fraction of sp³-hybridized carbons (Fsp3) is 0.364. The molecule has 0 radical (unpaired) electrons. The Balaban J connectivity index is 2.14. The van der Waals surface area contributed by atoms with E-state index in [4.69, 9.17) is 10.8 Å². The van der Waals surface area contributed by atoms with Gasteiger partial charge in [0.2, 0.25) is 11.9 Å². The Hall–Kier alpha value is -2.47. The maximum atomic E-state index is 13.1. The van der Waals surface area contributed by atoms with Crippen LogP contribution in [0.3, 0.4) is 0 Å². The number of nitrogens with two attached hydrogens (primary N) is 1. The van der Waals surface area contributed by atoms with Crippen molar-refractivity contribution in [3.05, 3.63) is 11.9 Å². The van der Waals surface area contributed by atoms with Crippen molar-refractivity contribution in [3.8, 4) is 0 Å². The summed E-state index contributed by atoms with van der Waals surface area (Å²) in [6.07, 6.45) is 0.774. The average molecular weight is 342 g/mol. The van der Waals surface area contributed by atoms with E-state index in [2.05, 4.69) is 19.9 Å². The van der Waals surface area contributed by atoms with Gasteiger partial charge in [0.1, 0.15) is 5.25 Å². The van der Waals surface area contributed by atoms with Crippen LogP contribution in [0.25, 0.3) is 11.2 Å². The van der Waals surface area contributed by atoms with Gasteiger partial charge in [0.05, 0.1) is 18.5 Å². The second-order valence-corrected chi connectivity index (χ2v) is 6.52. The predicted octanol–water partition coefficient (Wildman–Crippen LogP) is -1.10. The van der Waals surface area contributed by atoms with E-state index in [9.17, 15) is 17.1 Å². The molecule has 12 heteroatoms. The Morgan fingerprint density at radius 3 is 2.74 bits per heavy atom. The van der Waals surface area contributed by atoms with E-state index in [1.165, 1.54) is 6.20 Å². The number of anilines is 2. The lowest BCUT2D eigenvalue weighted by atomic mass is 10.4. The van der Waals surface area contributed by atoms with Gasteiger partial charge in [-0.1, -0.05) is 0 Å². The van der Waals surface area contributed by atoms with E-state index >= 15 is 0 Å². The topological polar surface area (TPSA) is 152 Å². The summed E-state index contributed by atoms with van der Waals surface area (Å²) in [6, 6.07) is 0. The van der Waals surface area contributed by atoms with Crippen molar-refractivity contribution in [1.82, 2.24) is 19.9 Å². The third kappa shape index (κ3) is 2.77. The van der Waals surface area contributed by atoms with Crippen LogP contribution >= 0.6 is 0 Å². The van der Waals surface area contributed by atoms with E-state index in [1.807, 2.05) is 0 Å². The van der Waals surface area contributed by atoms with Crippen molar-refractivity contribution in [2.24, 2.45) is 0 Å². The minimum Gasteiger partial charge on any atom is -0.390 e. The van der Waals surface area contributed by atoms with Gasteiger partial charge < -0.3 is 10.8 Å². The highest BCUT2D eigenvalue weighted by molar-refractivity contribution is 7.87. The van der Waals surface area contributed by atoms with Gasteiger partial charge in [-0.15, -0.1) is 3.89 Å². The summed E-state index contributed by atoms with van der Waals surface area (Å²) in [7, 11) is -4.87. The van der Waals surface area contributed by atoms with E-state index in [-0.39, 0.29) is 28.6 Å². The third-order valence-corrected chi connectivity index (χ3v) is 4.47. The zero-order chi connectivity index (χ0) is 16.8. The van der Waals surface area contributed by atoms with Gasteiger partial charge in [-0.3, -0.25) is 9.69 Å². The van der Waals surface area contributed by atoms with E-state index in [0.717, 1.165) is 4.90 Å². The minimum absolute atomic E-state index is 0.0635. The van der Waals surface area contributed by atoms with Crippen molar-refractivity contribution in [1.29, 1.82) is 0 Å². The molecule has 122 valence electrons. The van der Waals surface area contributed by atoms with E-state index in [0.29, 0.717) is 0 Å². The number of aromatic nitrogens is 4. The summed E-state index contributed by atoms with van der Waals surface area (Å²) < 4.78 is 35.2. The van der Waals surface area contributed by atoms with Crippen molar-refractivity contribution in [2.45, 2.75) is 18.3 Å². The molecular weight excluding hydrogens is 331 g/mol. The molecule has 1 amide bonds. The lowest BCUT2D eigenvalue weighted by Crippen LogP contribution is -2.28. The summed E-state index contributed by atoms with van der Waals surface area (Å²) >= 11 is 0. The Bertz CT molecular complexity index is 905. The molecule has 0 aromatic carbocycles. The predicted molar refractivity (Wildman–Crippen MR) is 76.2 cm³/mol. The van der Waals surface area contributed by atoms with Crippen LogP contribution in [0.1, 0.15) is 12.1 Å². The molecule has 3 heterocycles. The Morgan fingerprint density at radius 2 is 2.13 bits per heavy atom. The average Bonchev–Trinajstić information content (AvgIpc) is 2.88. The maximum Gasteiger partial charge on any atom is 0.307 e. The second kappa shape index (κ2) is 5.31.